The van der Waals surface area contributed by atoms with Crippen LogP contribution in [0.15, 0.2) is 12.3 Å². The molecule has 0 aromatic carbocycles. The molecule has 3 nitrogen and oxygen atoms in total. The van der Waals surface area contributed by atoms with Crippen molar-refractivity contribution < 1.29 is 0 Å². The van der Waals surface area contributed by atoms with E-state index < -0.39 is 0 Å². The van der Waals surface area contributed by atoms with Crippen molar-refractivity contribution >= 4 is 23.3 Å². The molecule has 1 saturated carbocycles. The number of nitrogen functional groups attached to an aromatic ring is 1. The highest BCUT2D eigenvalue weighted by Gasteiger charge is 2.27. The van der Waals surface area contributed by atoms with Gasteiger partial charge in [0.05, 0.1) is 5.69 Å². The van der Waals surface area contributed by atoms with Crippen LogP contribution in [0.5, 0.6) is 0 Å². The average Bonchev–Trinajstić information content (AvgIpc) is 2.71. The quantitative estimate of drug-likeness (QED) is 0.863. The molecular weight excluding hydrogens is 230 g/mol. The van der Waals surface area contributed by atoms with Gasteiger partial charge in [-0.3, -0.25) is 0 Å². The molecule has 0 aliphatic heterocycles. The molecule has 0 saturated heterocycles. The van der Waals surface area contributed by atoms with Crippen LogP contribution in [0.4, 0.5) is 11.5 Å². The molecule has 1 aliphatic rings. The molecule has 1 aromatic rings. The predicted molar refractivity (Wildman–Crippen MR) is 76.6 cm³/mol. The zero-order chi connectivity index (χ0) is 12.3. The number of nitrogens with one attached hydrogen (secondary N) is 1. The molecule has 2 atom stereocenters. The van der Waals surface area contributed by atoms with Gasteiger partial charge in [-0.05, 0) is 37.1 Å². The number of thioether (sulfide) groups is 1. The van der Waals surface area contributed by atoms with E-state index in [2.05, 4.69) is 17.2 Å². The minimum absolute atomic E-state index is 0.525. The molecule has 0 radical (unpaired) electrons. The molecule has 2 unspecified atom stereocenters. The number of aromatic nitrogens is 1. The number of hydrogen-bond acceptors (Lipinski definition) is 4. The fourth-order valence-electron chi connectivity index (χ4n) is 2.39. The summed E-state index contributed by atoms with van der Waals surface area (Å²) in [5, 5.41) is 4.22. The third kappa shape index (κ3) is 3.06. The first-order valence-corrected chi connectivity index (χ1v) is 7.36. The van der Waals surface area contributed by atoms with Gasteiger partial charge in [0.2, 0.25) is 0 Å². The Hall–Kier alpha value is -0.900. The van der Waals surface area contributed by atoms with Gasteiger partial charge in [-0.15, -0.1) is 0 Å². The molecule has 1 fully saturated rings. The molecule has 1 aromatic heterocycles. The lowest BCUT2D eigenvalue weighted by Gasteiger charge is -2.21. The average molecular weight is 251 g/mol. The molecule has 0 bridgehead atoms. The van der Waals surface area contributed by atoms with E-state index in [1.807, 2.05) is 30.9 Å². The third-order valence-electron chi connectivity index (χ3n) is 3.21. The van der Waals surface area contributed by atoms with Crippen molar-refractivity contribution in [3.8, 4) is 0 Å². The Bertz CT molecular complexity index is 381. The van der Waals surface area contributed by atoms with Gasteiger partial charge >= 0.3 is 0 Å². The van der Waals surface area contributed by atoms with Crippen LogP contribution < -0.4 is 11.1 Å². The summed E-state index contributed by atoms with van der Waals surface area (Å²) in [5.41, 5.74) is 7.86. The first kappa shape index (κ1) is 12.6. The van der Waals surface area contributed by atoms with Crippen molar-refractivity contribution in [2.75, 3.05) is 16.8 Å². The second kappa shape index (κ2) is 5.63. The van der Waals surface area contributed by atoms with Crippen LogP contribution in [-0.2, 0) is 0 Å². The van der Waals surface area contributed by atoms with E-state index in [4.69, 9.17) is 5.73 Å². The number of rotatable bonds is 4. The first-order valence-electron chi connectivity index (χ1n) is 6.31. The lowest BCUT2D eigenvalue weighted by Crippen LogP contribution is -2.27. The molecule has 3 N–H and O–H groups in total. The van der Waals surface area contributed by atoms with Gasteiger partial charge in [0.1, 0.15) is 5.82 Å². The van der Waals surface area contributed by atoms with Crippen LogP contribution in [0.3, 0.4) is 0 Å². The zero-order valence-electron chi connectivity index (χ0n) is 10.6. The summed E-state index contributed by atoms with van der Waals surface area (Å²) in [6.07, 6.45) is 5.71. The minimum atomic E-state index is 0.525. The summed E-state index contributed by atoms with van der Waals surface area (Å²) in [5.74, 6) is 2.03. The monoisotopic (exact) mass is 251 g/mol. The Balaban J connectivity index is 2.04. The second-order valence-electron chi connectivity index (χ2n) is 4.63. The smallest absolute Gasteiger partial charge is 0.149 e. The molecule has 0 spiro atoms. The van der Waals surface area contributed by atoms with Crippen molar-refractivity contribution in [2.24, 2.45) is 0 Å². The number of anilines is 2. The van der Waals surface area contributed by atoms with E-state index in [-0.39, 0.29) is 0 Å². The molecule has 17 heavy (non-hydrogen) atoms. The van der Waals surface area contributed by atoms with Gasteiger partial charge in [0.25, 0.3) is 0 Å². The second-order valence-corrected chi connectivity index (χ2v) is 6.14. The van der Waals surface area contributed by atoms with Crippen molar-refractivity contribution in [1.29, 1.82) is 0 Å². The molecule has 0 amide bonds. The maximum atomic E-state index is 5.99. The highest BCUT2D eigenvalue weighted by molar-refractivity contribution is 7.99. The van der Waals surface area contributed by atoms with Crippen LogP contribution in [0, 0.1) is 6.92 Å². The van der Waals surface area contributed by atoms with Crippen molar-refractivity contribution in [3.63, 3.8) is 0 Å². The minimum Gasteiger partial charge on any atom is -0.396 e. The van der Waals surface area contributed by atoms with E-state index in [1.54, 1.807) is 0 Å². The third-order valence-corrected chi connectivity index (χ3v) is 4.54. The van der Waals surface area contributed by atoms with E-state index in [0.717, 1.165) is 17.1 Å². The first-order chi connectivity index (χ1) is 8.20. The van der Waals surface area contributed by atoms with E-state index in [9.17, 15) is 0 Å². The lowest BCUT2D eigenvalue weighted by molar-refractivity contribution is 0.763. The molecular formula is C13H21N3S. The van der Waals surface area contributed by atoms with Crippen molar-refractivity contribution in [3.05, 3.63) is 17.8 Å². The number of nitrogens with zero attached hydrogens (tertiary/aromatic N) is 1. The van der Waals surface area contributed by atoms with Gasteiger partial charge in [-0.2, -0.15) is 11.8 Å². The number of nitrogens with two attached hydrogens (primary N) is 1. The van der Waals surface area contributed by atoms with Gasteiger partial charge in [0, 0.05) is 17.5 Å². The standard InChI is InChI=1S/C13H21N3S/c1-3-17-12-6-4-5-11(12)16-13-10(14)7-9(2)8-15-13/h7-8,11-12H,3-6,14H2,1-2H3,(H,15,16). The van der Waals surface area contributed by atoms with E-state index in [1.165, 1.54) is 25.0 Å². The number of hydrogen-bond donors (Lipinski definition) is 2. The SMILES string of the molecule is CCSC1CCCC1Nc1ncc(C)cc1N. The summed E-state index contributed by atoms with van der Waals surface area (Å²) in [6, 6.07) is 2.50. The summed E-state index contributed by atoms with van der Waals surface area (Å²) in [4.78, 5) is 4.39. The number of aryl methyl sites for hydroxylation is 1. The highest BCUT2D eigenvalue weighted by Crippen LogP contribution is 2.32. The molecule has 1 aliphatic carbocycles. The fraction of sp³-hybridized carbons (Fsp3) is 0.615. The summed E-state index contributed by atoms with van der Waals surface area (Å²) in [7, 11) is 0. The Morgan fingerprint density at radius 2 is 2.35 bits per heavy atom. The summed E-state index contributed by atoms with van der Waals surface area (Å²) in [6.45, 7) is 4.23. The Labute approximate surface area is 108 Å². The van der Waals surface area contributed by atoms with Crippen LogP contribution in [0.25, 0.3) is 0 Å². The topological polar surface area (TPSA) is 50.9 Å². The maximum Gasteiger partial charge on any atom is 0.149 e. The van der Waals surface area contributed by atoms with Gasteiger partial charge in [0.15, 0.2) is 0 Å². The van der Waals surface area contributed by atoms with Crippen LogP contribution in [-0.4, -0.2) is 22.0 Å². The number of pyridine rings is 1. The Morgan fingerprint density at radius 3 is 3.06 bits per heavy atom. The Kier molecular flexibility index (Phi) is 4.15. The maximum absolute atomic E-state index is 5.99. The molecule has 1 heterocycles. The summed E-state index contributed by atoms with van der Waals surface area (Å²) >= 11 is 2.04. The Morgan fingerprint density at radius 1 is 1.53 bits per heavy atom. The molecule has 2 rings (SSSR count). The summed E-state index contributed by atoms with van der Waals surface area (Å²) < 4.78 is 0. The van der Waals surface area contributed by atoms with E-state index >= 15 is 0 Å². The predicted octanol–water partition coefficient (Wildman–Crippen LogP) is 3.06. The van der Waals surface area contributed by atoms with E-state index in [0.29, 0.717) is 11.3 Å². The van der Waals surface area contributed by atoms with Crippen molar-refractivity contribution in [2.45, 2.75) is 44.4 Å². The molecule has 94 valence electrons. The zero-order valence-corrected chi connectivity index (χ0v) is 11.4. The fourth-order valence-corrected chi connectivity index (χ4v) is 3.59. The van der Waals surface area contributed by atoms with Gasteiger partial charge in [-0.1, -0.05) is 13.3 Å². The van der Waals surface area contributed by atoms with Crippen LogP contribution in [0.1, 0.15) is 31.7 Å². The van der Waals surface area contributed by atoms with Crippen molar-refractivity contribution in [1.82, 2.24) is 4.98 Å². The molecule has 4 heteroatoms. The normalized spacial score (nSPS) is 23.9. The van der Waals surface area contributed by atoms with Crippen LogP contribution in [0.2, 0.25) is 0 Å². The van der Waals surface area contributed by atoms with Gasteiger partial charge < -0.3 is 11.1 Å². The highest BCUT2D eigenvalue weighted by atomic mass is 32.2. The lowest BCUT2D eigenvalue weighted by atomic mass is 10.2. The van der Waals surface area contributed by atoms with Gasteiger partial charge in [-0.25, -0.2) is 4.98 Å². The largest absolute Gasteiger partial charge is 0.396 e. The van der Waals surface area contributed by atoms with Crippen LogP contribution >= 0.6 is 11.8 Å².